The molecule has 0 atom stereocenters. The Morgan fingerprint density at radius 2 is 2.21 bits per heavy atom. The van der Waals surface area contributed by atoms with Crippen LogP contribution in [0.5, 0.6) is 5.75 Å². The predicted octanol–water partition coefficient (Wildman–Crippen LogP) is 4.23. The van der Waals surface area contributed by atoms with Crippen LogP contribution in [0.25, 0.3) is 10.6 Å². The number of carbonyl (C=O) groups excluding carboxylic acids is 1. The van der Waals surface area contributed by atoms with Crippen molar-refractivity contribution in [2.45, 2.75) is 13.5 Å². The Bertz CT molecular complexity index is 875. The van der Waals surface area contributed by atoms with Crippen molar-refractivity contribution in [1.29, 1.82) is 0 Å². The number of benzene rings is 1. The summed E-state index contributed by atoms with van der Waals surface area (Å²) in [5.74, 6) is 0.245. The highest BCUT2D eigenvalue weighted by Gasteiger charge is 2.15. The van der Waals surface area contributed by atoms with Gasteiger partial charge in [-0.25, -0.2) is 9.78 Å². The molecule has 0 radical (unpaired) electrons. The van der Waals surface area contributed by atoms with Crippen LogP contribution < -0.4 is 4.74 Å². The highest BCUT2D eigenvalue weighted by atomic mass is 79.9. The highest BCUT2D eigenvalue weighted by molar-refractivity contribution is 9.10. The molecule has 0 aliphatic carbocycles. The number of carbonyl (C=O) groups is 1. The number of nitrogens with zero attached hydrogens (tertiary/aromatic N) is 2. The summed E-state index contributed by atoms with van der Waals surface area (Å²) in [7, 11) is 1.61. The Hall–Kier alpha value is -2.19. The van der Waals surface area contributed by atoms with Gasteiger partial charge in [0.1, 0.15) is 17.4 Å². The molecule has 0 unspecified atom stereocenters. The lowest BCUT2D eigenvalue weighted by Gasteiger charge is -2.06. The third kappa shape index (κ3) is 3.65. The molecule has 2 heterocycles. The second kappa shape index (κ2) is 7.14. The molecule has 124 valence electrons. The zero-order valence-corrected chi connectivity index (χ0v) is 15.3. The molecular weight excluding hydrogens is 396 g/mol. The Kier molecular flexibility index (Phi) is 4.96. The molecule has 2 aromatic heterocycles. The zero-order chi connectivity index (χ0) is 17.1. The third-order valence-corrected chi connectivity index (χ3v) is 4.54. The first-order chi connectivity index (χ1) is 11.6. The summed E-state index contributed by atoms with van der Waals surface area (Å²) in [6.07, 6.45) is 0. The second-order valence-electron chi connectivity index (χ2n) is 4.90. The zero-order valence-electron chi connectivity index (χ0n) is 12.9. The lowest BCUT2D eigenvalue weighted by atomic mass is 10.2. The molecule has 3 aromatic rings. The van der Waals surface area contributed by atoms with E-state index in [1.54, 1.807) is 14.0 Å². The number of methoxy groups -OCH3 is 1. The van der Waals surface area contributed by atoms with Crippen molar-refractivity contribution in [2.24, 2.45) is 0 Å². The summed E-state index contributed by atoms with van der Waals surface area (Å²) in [5, 5.41) is 6.28. The van der Waals surface area contributed by atoms with Crippen LogP contribution in [0, 0.1) is 6.92 Å². The summed E-state index contributed by atoms with van der Waals surface area (Å²) in [5.41, 5.74) is 2.15. The summed E-state index contributed by atoms with van der Waals surface area (Å²) in [6, 6.07) is 7.23. The van der Waals surface area contributed by atoms with Gasteiger partial charge in [-0.2, -0.15) is 0 Å². The number of aryl methyl sites for hydroxylation is 1. The van der Waals surface area contributed by atoms with E-state index in [1.165, 1.54) is 17.4 Å². The number of hydrogen-bond acceptors (Lipinski definition) is 7. The maximum absolute atomic E-state index is 11.8. The molecule has 1 aromatic carbocycles. The number of ether oxygens (including phenoxy) is 2. The SMILES string of the molecule is COc1ccc(Br)cc1-c1nc(COC(=O)c2cc(C)no2)cs1. The smallest absolute Gasteiger partial charge is 0.377 e. The van der Waals surface area contributed by atoms with Gasteiger partial charge in [-0.05, 0) is 25.1 Å². The van der Waals surface area contributed by atoms with E-state index in [-0.39, 0.29) is 12.4 Å². The Labute approximate surface area is 150 Å². The lowest BCUT2D eigenvalue weighted by molar-refractivity contribution is 0.0421. The topological polar surface area (TPSA) is 74.5 Å². The maximum Gasteiger partial charge on any atom is 0.377 e. The Balaban J connectivity index is 1.72. The molecule has 3 rings (SSSR count). The van der Waals surface area contributed by atoms with Gasteiger partial charge in [0.2, 0.25) is 5.76 Å². The maximum atomic E-state index is 11.8. The summed E-state index contributed by atoms with van der Waals surface area (Å²) in [4.78, 5) is 16.3. The molecule has 0 aliphatic heterocycles. The van der Waals surface area contributed by atoms with E-state index in [9.17, 15) is 4.79 Å². The molecule has 0 saturated heterocycles. The normalized spacial score (nSPS) is 10.6. The van der Waals surface area contributed by atoms with Crippen molar-refractivity contribution in [3.05, 3.63) is 51.3 Å². The van der Waals surface area contributed by atoms with Gasteiger partial charge in [-0.3, -0.25) is 0 Å². The monoisotopic (exact) mass is 408 g/mol. The van der Waals surface area contributed by atoms with Crippen molar-refractivity contribution < 1.29 is 18.8 Å². The fourth-order valence-electron chi connectivity index (χ4n) is 2.01. The minimum atomic E-state index is -0.565. The summed E-state index contributed by atoms with van der Waals surface area (Å²) < 4.78 is 16.4. The largest absolute Gasteiger partial charge is 0.496 e. The number of aromatic nitrogens is 2. The number of thiazole rings is 1. The van der Waals surface area contributed by atoms with E-state index in [1.807, 2.05) is 23.6 Å². The number of esters is 1. The van der Waals surface area contributed by atoms with Gasteiger partial charge in [0.15, 0.2) is 0 Å². The van der Waals surface area contributed by atoms with Crippen LogP contribution in [-0.4, -0.2) is 23.2 Å². The van der Waals surface area contributed by atoms with E-state index in [0.717, 1.165) is 20.8 Å². The van der Waals surface area contributed by atoms with E-state index in [4.69, 9.17) is 14.0 Å². The van der Waals surface area contributed by atoms with E-state index in [0.29, 0.717) is 11.4 Å². The van der Waals surface area contributed by atoms with Crippen LogP contribution >= 0.6 is 27.3 Å². The Morgan fingerprint density at radius 3 is 2.92 bits per heavy atom. The summed E-state index contributed by atoms with van der Waals surface area (Å²) >= 11 is 4.90. The average Bonchev–Trinajstić information content (AvgIpc) is 3.21. The molecule has 0 fully saturated rings. The van der Waals surface area contributed by atoms with Gasteiger partial charge in [-0.1, -0.05) is 21.1 Å². The van der Waals surface area contributed by atoms with E-state index >= 15 is 0 Å². The molecule has 0 amide bonds. The van der Waals surface area contributed by atoms with Gasteiger partial charge < -0.3 is 14.0 Å². The summed E-state index contributed by atoms with van der Waals surface area (Å²) in [6.45, 7) is 1.80. The van der Waals surface area contributed by atoms with Crippen LogP contribution in [0.15, 0.2) is 38.6 Å². The van der Waals surface area contributed by atoms with Gasteiger partial charge >= 0.3 is 5.97 Å². The fraction of sp³-hybridized carbons (Fsp3) is 0.188. The van der Waals surface area contributed by atoms with Crippen molar-refractivity contribution in [2.75, 3.05) is 7.11 Å². The first-order valence-electron chi connectivity index (χ1n) is 6.95. The molecule has 0 saturated carbocycles. The van der Waals surface area contributed by atoms with Crippen molar-refractivity contribution >= 4 is 33.2 Å². The first-order valence-corrected chi connectivity index (χ1v) is 8.63. The van der Waals surface area contributed by atoms with Crippen molar-refractivity contribution in [1.82, 2.24) is 10.1 Å². The van der Waals surface area contributed by atoms with Crippen LogP contribution in [0.2, 0.25) is 0 Å². The quantitative estimate of drug-likeness (QED) is 0.587. The number of rotatable bonds is 5. The van der Waals surface area contributed by atoms with Gasteiger partial charge in [-0.15, -0.1) is 11.3 Å². The predicted molar refractivity (Wildman–Crippen MR) is 92.2 cm³/mol. The van der Waals surface area contributed by atoms with Crippen LogP contribution in [0.1, 0.15) is 21.9 Å². The lowest BCUT2D eigenvalue weighted by Crippen LogP contribution is -2.04. The first kappa shape index (κ1) is 16.7. The van der Waals surface area contributed by atoms with Gasteiger partial charge in [0.05, 0.1) is 24.1 Å². The molecular formula is C16H13BrN2O4S. The molecule has 0 aliphatic rings. The molecule has 8 heteroatoms. The van der Waals surface area contributed by atoms with Crippen LogP contribution in [0.4, 0.5) is 0 Å². The average molecular weight is 409 g/mol. The minimum absolute atomic E-state index is 0.0609. The highest BCUT2D eigenvalue weighted by Crippen LogP contribution is 2.34. The van der Waals surface area contributed by atoms with Crippen molar-refractivity contribution in [3.63, 3.8) is 0 Å². The van der Waals surface area contributed by atoms with Crippen LogP contribution in [0.3, 0.4) is 0 Å². The molecule has 6 nitrogen and oxygen atoms in total. The Morgan fingerprint density at radius 1 is 1.38 bits per heavy atom. The fourth-order valence-corrected chi connectivity index (χ4v) is 3.20. The molecule has 0 spiro atoms. The molecule has 0 N–H and O–H groups in total. The van der Waals surface area contributed by atoms with Gasteiger partial charge in [0, 0.05) is 15.9 Å². The third-order valence-electron chi connectivity index (χ3n) is 3.12. The van der Waals surface area contributed by atoms with Gasteiger partial charge in [0.25, 0.3) is 0 Å². The second-order valence-corrected chi connectivity index (χ2v) is 6.67. The van der Waals surface area contributed by atoms with Crippen molar-refractivity contribution in [3.8, 4) is 16.3 Å². The molecule has 0 bridgehead atoms. The number of halogens is 1. The molecule has 24 heavy (non-hydrogen) atoms. The number of hydrogen-bond donors (Lipinski definition) is 0. The van der Waals surface area contributed by atoms with E-state index < -0.39 is 5.97 Å². The van der Waals surface area contributed by atoms with Crippen LogP contribution in [-0.2, 0) is 11.3 Å². The van der Waals surface area contributed by atoms with E-state index in [2.05, 4.69) is 26.1 Å². The standard InChI is InChI=1S/C16H13BrN2O4S/c1-9-5-14(23-19-9)16(20)22-7-11-8-24-15(18-11)12-6-10(17)3-4-13(12)21-2/h3-6,8H,7H2,1-2H3. The minimum Gasteiger partial charge on any atom is -0.496 e.